The number of carbonyl (C=O) groups is 1. The average molecular weight is 310 g/mol. The van der Waals surface area contributed by atoms with Crippen LogP contribution in [0.25, 0.3) is 16.9 Å². The van der Waals surface area contributed by atoms with Crippen molar-refractivity contribution >= 4 is 11.5 Å². The van der Waals surface area contributed by atoms with Gasteiger partial charge in [-0.15, -0.1) is 0 Å². The molecule has 1 heterocycles. The molecule has 0 bridgehead atoms. The number of benzene rings is 1. The van der Waals surface area contributed by atoms with Crippen LogP contribution in [0, 0.1) is 0 Å². The Balaban J connectivity index is 2.21. The Bertz CT molecular complexity index is 789. The molecular weight excluding hydrogens is 292 g/mol. The second-order valence-electron chi connectivity index (χ2n) is 5.19. The molecule has 0 amide bonds. The van der Waals surface area contributed by atoms with Crippen LogP contribution in [0.4, 0.5) is 0 Å². The van der Waals surface area contributed by atoms with Gasteiger partial charge in [0, 0.05) is 5.56 Å². The van der Waals surface area contributed by atoms with Gasteiger partial charge in [0.25, 0.3) is 0 Å². The fourth-order valence-electron chi connectivity index (χ4n) is 1.95. The van der Waals surface area contributed by atoms with Crippen molar-refractivity contribution in [3.8, 4) is 11.3 Å². The number of rotatable bonds is 5. The van der Waals surface area contributed by atoms with E-state index in [1.54, 1.807) is 19.1 Å². The highest BCUT2D eigenvalue weighted by Gasteiger charge is 2.10. The summed E-state index contributed by atoms with van der Waals surface area (Å²) in [5.74, 6) is -0.594. The minimum atomic E-state index is -1.08. The summed E-state index contributed by atoms with van der Waals surface area (Å²) in [5.41, 5.74) is 3.57. The number of aliphatic hydroxyl groups excluding tert-OH is 1. The zero-order chi connectivity index (χ0) is 17.0. The molecule has 0 atom stereocenters. The molecule has 0 saturated heterocycles. The van der Waals surface area contributed by atoms with E-state index in [-0.39, 0.29) is 11.5 Å². The lowest BCUT2D eigenvalue weighted by molar-refractivity contribution is 0.0663. The van der Waals surface area contributed by atoms with Crippen molar-refractivity contribution in [2.45, 2.75) is 13.8 Å². The molecule has 0 unspecified atom stereocenters. The molecule has 0 spiro atoms. The molecule has 1 aromatic carbocycles. The maximum Gasteiger partial charge on any atom is 0.371 e. The summed E-state index contributed by atoms with van der Waals surface area (Å²) in [6.07, 6.45) is 3.71. The zero-order valence-electron chi connectivity index (χ0n) is 13.0. The van der Waals surface area contributed by atoms with Crippen molar-refractivity contribution in [3.63, 3.8) is 0 Å². The summed E-state index contributed by atoms with van der Waals surface area (Å²) in [6.45, 7) is 7.22. The molecule has 2 rings (SSSR count). The van der Waals surface area contributed by atoms with Gasteiger partial charge in [0.05, 0.1) is 0 Å². The number of hydrogen-bond donors (Lipinski definition) is 2. The summed E-state index contributed by atoms with van der Waals surface area (Å²) in [6, 6.07) is 10.7. The first-order chi connectivity index (χ1) is 10.9. The van der Waals surface area contributed by atoms with E-state index in [0.717, 1.165) is 16.7 Å². The largest absolute Gasteiger partial charge is 0.508 e. The van der Waals surface area contributed by atoms with Crippen LogP contribution < -0.4 is 0 Å². The number of carboxylic acids is 1. The van der Waals surface area contributed by atoms with Crippen LogP contribution in [0.1, 0.15) is 30.0 Å². The molecular formula is C19H18O4. The number of aliphatic hydroxyl groups is 1. The Hall–Kier alpha value is -3.01. The van der Waals surface area contributed by atoms with Crippen molar-refractivity contribution < 1.29 is 19.4 Å². The van der Waals surface area contributed by atoms with Crippen LogP contribution in [0.2, 0.25) is 0 Å². The van der Waals surface area contributed by atoms with Crippen LogP contribution in [0.5, 0.6) is 0 Å². The van der Waals surface area contributed by atoms with Crippen molar-refractivity contribution in [2.24, 2.45) is 0 Å². The van der Waals surface area contributed by atoms with Crippen LogP contribution in [0.3, 0.4) is 0 Å². The maximum atomic E-state index is 10.8. The molecule has 0 saturated carbocycles. The second-order valence-corrected chi connectivity index (χ2v) is 5.19. The second kappa shape index (κ2) is 6.83. The van der Waals surface area contributed by atoms with Gasteiger partial charge in [-0.25, -0.2) is 4.79 Å². The van der Waals surface area contributed by atoms with E-state index in [1.807, 2.05) is 37.3 Å². The molecule has 0 fully saturated rings. The van der Waals surface area contributed by atoms with E-state index in [9.17, 15) is 9.90 Å². The molecule has 4 nitrogen and oxygen atoms in total. The molecule has 118 valence electrons. The highest BCUT2D eigenvalue weighted by atomic mass is 16.4. The monoisotopic (exact) mass is 310 g/mol. The third-order valence-electron chi connectivity index (χ3n) is 3.48. The number of carboxylic acid groups (broad SMARTS) is 1. The van der Waals surface area contributed by atoms with Gasteiger partial charge >= 0.3 is 5.97 Å². The van der Waals surface area contributed by atoms with E-state index in [0.29, 0.717) is 11.3 Å². The van der Waals surface area contributed by atoms with Gasteiger partial charge < -0.3 is 14.6 Å². The Morgan fingerprint density at radius 3 is 2.22 bits per heavy atom. The third kappa shape index (κ3) is 4.01. The van der Waals surface area contributed by atoms with Crippen LogP contribution in [-0.4, -0.2) is 16.2 Å². The number of furan rings is 1. The predicted molar refractivity (Wildman–Crippen MR) is 90.3 cm³/mol. The van der Waals surface area contributed by atoms with E-state index in [1.165, 1.54) is 6.07 Å². The fourth-order valence-corrected chi connectivity index (χ4v) is 1.95. The molecule has 0 aliphatic rings. The SMILES string of the molecule is C=C(O)/C(C)=C/C=C(\C)c1ccc(-c2ccc(C(=O)O)o2)cc1. The lowest BCUT2D eigenvalue weighted by Gasteiger charge is -2.03. The number of allylic oxidation sites excluding steroid dienone is 4. The Morgan fingerprint density at radius 1 is 1.04 bits per heavy atom. The lowest BCUT2D eigenvalue weighted by atomic mass is 10.0. The van der Waals surface area contributed by atoms with Crippen molar-refractivity contribution in [3.05, 3.63) is 77.8 Å². The van der Waals surface area contributed by atoms with Crippen LogP contribution >= 0.6 is 0 Å². The first-order valence-electron chi connectivity index (χ1n) is 7.06. The molecule has 0 radical (unpaired) electrons. The van der Waals surface area contributed by atoms with Gasteiger partial charge in [-0.2, -0.15) is 0 Å². The Morgan fingerprint density at radius 2 is 1.70 bits per heavy atom. The van der Waals surface area contributed by atoms with Gasteiger partial charge in [-0.3, -0.25) is 0 Å². The van der Waals surface area contributed by atoms with Crippen molar-refractivity contribution in [2.75, 3.05) is 0 Å². The summed E-state index contributed by atoms with van der Waals surface area (Å²) < 4.78 is 5.28. The summed E-state index contributed by atoms with van der Waals surface area (Å²) >= 11 is 0. The van der Waals surface area contributed by atoms with Gasteiger partial charge in [0.2, 0.25) is 5.76 Å². The number of aromatic carboxylic acids is 1. The number of hydrogen-bond acceptors (Lipinski definition) is 3. The average Bonchev–Trinajstić information content (AvgIpc) is 3.02. The third-order valence-corrected chi connectivity index (χ3v) is 3.48. The van der Waals surface area contributed by atoms with Gasteiger partial charge in [-0.1, -0.05) is 43.0 Å². The minimum Gasteiger partial charge on any atom is -0.508 e. The van der Waals surface area contributed by atoms with Crippen LogP contribution in [0.15, 0.2) is 70.9 Å². The van der Waals surface area contributed by atoms with E-state index in [2.05, 4.69) is 6.58 Å². The first-order valence-corrected chi connectivity index (χ1v) is 7.06. The van der Waals surface area contributed by atoms with E-state index in [4.69, 9.17) is 9.52 Å². The molecule has 0 aliphatic heterocycles. The van der Waals surface area contributed by atoms with Gasteiger partial charge in [-0.05, 0) is 42.7 Å². The smallest absolute Gasteiger partial charge is 0.371 e. The summed E-state index contributed by atoms with van der Waals surface area (Å²) in [5, 5.41) is 18.1. The highest BCUT2D eigenvalue weighted by molar-refractivity contribution is 5.85. The quantitative estimate of drug-likeness (QED) is 0.597. The molecule has 23 heavy (non-hydrogen) atoms. The summed E-state index contributed by atoms with van der Waals surface area (Å²) in [4.78, 5) is 10.8. The first kappa shape index (κ1) is 16.4. The molecule has 2 aromatic rings. The van der Waals surface area contributed by atoms with E-state index >= 15 is 0 Å². The van der Waals surface area contributed by atoms with Crippen molar-refractivity contribution in [1.29, 1.82) is 0 Å². The van der Waals surface area contributed by atoms with E-state index < -0.39 is 5.97 Å². The molecule has 2 N–H and O–H groups in total. The molecule has 1 aromatic heterocycles. The fraction of sp³-hybridized carbons (Fsp3) is 0.105. The zero-order valence-corrected chi connectivity index (χ0v) is 13.0. The lowest BCUT2D eigenvalue weighted by Crippen LogP contribution is -1.91. The Labute approximate surface area is 134 Å². The minimum absolute atomic E-state index is 0.0523. The van der Waals surface area contributed by atoms with Crippen molar-refractivity contribution in [1.82, 2.24) is 0 Å². The summed E-state index contributed by atoms with van der Waals surface area (Å²) in [7, 11) is 0. The maximum absolute atomic E-state index is 10.8. The van der Waals surface area contributed by atoms with Gasteiger partial charge in [0.1, 0.15) is 11.5 Å². The standard InChI is InChI=1S/C19H18O4/c1-12(14(3)20)4-5-13(2)15-6-8-16(9-7-15)17-10-11-18(23-17)19(21)22/h4-11,20H,3H2,1-2H3,(H,21,22)/b12-4+,13-5+. The van der Waals surface area contributed by atoms with Crippen LogP contribution in [-0.2, 0) is 0 Å². The predicted octanol–water partition coefficient (Wildman–Crippen LogP) is 5.07. The molecule has 0 aliphatic carbocycles. The highest BCUT2D eigenvalue weighted by Crippen LogP contribution is 2.24. The molecule has 4 heteroatoms. The Kier molecular flexibility index (Phi) is 4.86. The topological polar surface area (TPSA) is 70.7 Å². The van der Waals surface area contributed by atoms with Gasteiger partial charge in [0.15, 0.2) is 0 Å². The normalized spacial score (nSPS) is 12.3.